The smallest absolute Gasteiger partial charge is 0.302 e. The molecule has 40 heavy (non-hydrogen) atoms. The highest BCUT2D eigenvalue weighted by Gasteiger charge is 2.72. The zero-order valence-corrected chi connectivity index (χ0v) is 26.9. The Hall–Kier alpha value is -1.14. The van der Waals surface area contributed by atoms with Crippen molar-refractivity contribution in [3.63, 3.8) is 0 Å². The molecule has 5 rings (SSSR count). The van der Waals surface area contributed by atoms with Gasteiger partial charge in [-0.1, -0.05) is 34.6 Å². The summed E-state index contributed by atoms with van der Waals surface area (Å²) in [6, 6.07) is 0. The first-order chi connectivity index (χ1) is 18.3. The van der Waals surface area contributed by atoms with Crippen LogP contribution in [0.15, 0.2) is 0 Å². The van der Waals surface area contributed by atoms with Crippen LogP contribution in [0.25, 0.3) is 0 Å². The number of ether oxygens (including phenoxy) is 3. The van der Waals surface area contributed by atoms with Crippen LogP contribution in [0.5, 0.6) is 0 Å². The fourth-order valence-corrected chi connectivity index (χ4v) is 11.8. The Morgan fingerprint density at radius 3 is 2.00 bits per heavy atom. The van der Waals surface area contributed by atoms with Crippen LogP contribution in [0.4, 0.5) is 0 Å². The molecule has 0 spiro atoms. The molecule has 0 aromatic heterocycles. The fourth-order valence-electron chi connectivity index (χ4n) is 11.8. The fraction of sp³-hybridized carbons (Fsp3) is 0.941. The number of esters is 2. The lowest BCUT2D eigenvalue weighted by molar-refractivity contribution is -0.254. The van der Waals surface area contributed by atoms with Crippen molar-refractivity contribution in [2.45, 2.75) is 157 Å². The van der Waals surface area contributed by atoms with Crippen molar-refractivity contribution in [3.8, 4) is 0 Å². The molecule has 228 valence electrons. The minimum Gasteiger partial charge on any atom is -0.462 e. The van der Waals surface area contributed by atoms with Gasteiger partial charge in [0.05, 0.1) is 17.3 Å². The standard InChI is InChI=1S/C34H56O6/c1-20(35)38-23-19-25-31(7)15-13-26(39-21(2)36)29(3,4)24(31)12-17-32(25,8)33(9)16-11-22(28(23)33)34(10)18-14-27(40-34)30(5,6)37/h22-28,37H,11-19H2,1-10H3/t22-,23+,24-,25-,26+,27+,28+,31-,32+,33+,34-/m0/s1. The lowest BCUT2D eigenvalue weighted by Gasteiger charge is -2.70. The molecule has 1 N–H and O–H groups in total. The van der Waals surface area contributed by atoms with Crippen molar-refractivity contribution >= 4 is 11.9 Å². The second kappa shape index (κ2) is 9.43. The van der Waals surface area contributed by atoms with Gasteiger partial charge in [0.15, 0.2) is 0 Å². The summed E-state index contributed by atoms with van der Waals surface area (Å²) in [4.78, 5) is 24.6. The van der Waals surface area contributed by atoms with E-state index in [2.05, 4.69) is 41.5 Å². The van der Waals surface area contributed by atoms with Gasteiger partial charge in [-0.25, -0.2) is 0 Å². The maximum atomic E-state index is 12.6. The monoisotopic (exact) mass is 560 g/mol. The van der Waals surface area contributed by atoms with E-state index in [1.54, 1.807) is 6.92 Å². The Kier molecular flexibility index (Phi) is 7.15. The van der Waals surface area contributed by atoms with Gasteiger partial charge in [-0.2, -0.15) is 0 Å². The minimum atomic E-state index is -0.872. The lowest BCUT2D eigenvalue weighted by atomic mass is 9.35. The van der Waals surface area contributed by atoms with E-state index in [9.17, 15) is 14.7 Å². The average Bonchev–Trinajstić information content (AvgIpc) is 3.39. The average molecular weight is 561 g/mol. The van der Waals surface area contributed by atoms with Crippen LogP contribution < -0.4 is 0 Å². The number of aliphatic hydroxyl groups is 1. The molecule has 4 saturated carbocycles. The van der Waals surface area contributed by atoms with E-state index in [-0.39, 0.29) is 69.3 Å². The molecular formula is C34H56O6. The van der Waals surface area contributed by atoms with E-state index in [0.717, 1.165) is 57.8 Å². The summed E-state index contributed by atoms with van der Waals surface area (Å²) in [5, 5.41) is 10.8. The molecule has 0 aromatic rings. The Bertz CT molecular complexity index is 1030. The molecule has 0 amide bonds. The Labute approximate surface area is 242 Å². The number of hydrogen-bond acceptors (Lipinski definition) is 6. The third-order valence-corrected chi connectivity index (χ3v) is 13.8. The van der Waals surface area contributed by atoms with Crippen molar-refractivity contribution in [3.05, 3.63) is 0 Å². The van der Waals surface area contributed by atoms with Crippen LogP contribution in [-0.2, 0) is 23.8 Å². The number of hydrogen-bond donors (Lipinski definition) is 1. The van der Waals surface area contributed by atoms with E-state index >= 15 is 0 Å². The second-order valence-corrected chi connectivity index (χ2v) is 16.6. The summed E-state index contributed by atoms with van der Waals surface area (Å²) >= 11 is 0. The van der Waals surface area contributed by atoms with E-state index < -0.39 is 5.60 Å². The molecule has 4 aliphatic carbocycles. The summed E-state index contributed by atoms with van der Waals surface area (Å²) in [6.07, 6.45) is 8.68. The van der Waals surface area contributed by atoms with Gasteiger partial charge in [-0.15, -0.1) is 0 Å². The van der Waals surface area contributed by atoms with Crippen molar-refractivity contribution < 1.29 is 28.9 Å². The van der Waals surface area contributed by atoms with E-state index in [1.165, 1.54) is 6.92 Å². The maximum absolute atomic E-state index is 12.6. The number of carbonyl (C=O) groups excluding carboxylic acids is 2. The molecule has 5 fully saturated rings. The van der Waals surface area contributed by atoms with Gasteiger partial charge < -0.3 is 19.3 Å². The van der Waals surface area contributed by atoms with Gasteiger partial charge in [-0.3, -0.25) is 9.59 Å². The first kappa shape index (κ1) is 30.3. The molecule has 0 bridgehead atoms. The second-order valence-electron chi connectivity index (χ2n) is 16.6. The van der Waals surface area contributed by atoms with Crippen molar-refractivity contribution in [1.29, 1.82) is 0 Å². The Morgan fingerprint density at radius 2 is 1.43 bits per heavy atom. The normalized spacial score (nSPS) is 49.9. The molecule has 1 saturated heterocycles. The van der Waals surface area contributed by atoms with Crippen LogP contribution in [-0.4, -0.2) is 46.6 Å². The Morgan fingerprint density at radius 1 is 0.800 bits per heavy atom. The molecule has 5 aliphatic rings. The molecule has 0 unspecified atom stereocenters. The molecule has 1 aliphatic heterocycles. The van der Waals surface area contributed by atoms with Gasteiger partial charge in [-0.05, 0) is 113 Å². The lowest BCUT2D eigenvalue weighted by Crippen LogP contribution is -2.67. The predicted molar refractivity (Wildman–Crippen MR) is 154 cm³/mol. The Balaban J connectivity index is 1.52. The van der Waals surface area contributed by atoms with Crippen LogP contribution in [0, 0.1) is 45.3 Å². The third kappa shape index (κ3) is 4.31. The van der Waals surface area contributed by atoms with Gasteiger partial charge in [0, 0.05) is 25.2 Å². The zero-order valence-electron chi connectivity index (χ0n) is 26.9. The number of fused-ring (bicyclic) bond motifs is 5. The van der Waals surface area contributed by atoms with Gasteiger partial charge in [0.1, 0.15) is 12.2 Å². The minimum absolute atomic E-state index is 0.0186. The highest BCUT2D eigenvalue weighted by atomic mass is 16.6. The summed E-state index contributed by atoms with van der Waals surface area (Å²) in [5.41, 5.74) is -1.10. The summed E-state index contributed by atoms with van der Waals surface area (Å²) in [6.45, 7) is 21.2. The van der Waals surface area contributed by atoms with Crippen LogP contribution in [0.1, 0.15) is 127 Å². The first-order valence-electron chi connectivity index (χ1n) is 16.0. The SMILES string of the molecule is CC(=O)O[C@@H]1C[C@H]2[C@@]3(C)CC[C@@H](OC(C)=O)C(C)(C)[C@@H]3CC[C@@]2(C)[C@]2(C)CC[C@H]([C@]3(C)CC[C@H](C(C)(C)O)O3)[C@H]12. The van der Waals surface area contributed by atoms with Crippen LogP contribution >= 0.6 is 0 Å². The predicted octanol–water partition coefficient (Wildman–Crippen LogP) is 6.85. The van der Waals surface area contributed by atoms with Crippen LogP contribution in [0.2, 0.25) is 0 Å². The molecule has 6 nitrogen and oxygen atoms in total. The van der Waals surface area contributed by atoms with E-state index in [4.69, 9.17) is 14.2 Å². The van der Waals surface area contributed by atoms with Gasteiger partial charge in [0.25, 0.3) is 0 Å². The number of rotatable bonds is 4. The number of carbonyl (C=O) groups is 2. The summed E-state index contributed by atoms with van der Waals surface area (Å²) in [5.74, 6) is 1.00. The third-order valence-electron chi connectivity index (χ3n) is 13.8. The van der Waals surface area contributed by atoms with E-state index in [1.807, 2.05) is 13.8 Å². The highest BCUT2D eigenvalue weighted by Crippen LogP contribution is 2.76. The highest BCUT2D eigenvalue weighted by molar-refractivity contribution is 5.66. The summed E-state index contributed by atoms with van der Waals surface area (Å²) < 4.78 is 19.0. The molecule has 1 heterocycles. The first-order valence-corrected chi connectivity index (χ1v) is 16.0. The maximum Gasteiger partial charge on any atom is 0.302 e. The molecule has 0 aromatic carbocycles. The molecular weight excluding hydrogens is 504 g/mol. The topological polar surface area (TPSA) is 82.1 Å². The van der Waals surface area contributed by atoms with Crippen LogP contribution in [0.3, 0.4) is 0 Å². The van der Waals surface area contributed by atoms with E-state index in [0.29, 0.717) is 11.8 Å². The van der Waals surface area contributed by atoms with Crippen molar-refractivity contribution in [1.82, 2.24) is 0 Å². The summed E-state index contributed by atoms with van der Waals surface area (Å²) in [7, 11) is 0. The largest absolute Gasteiger partial charge is 0.462 e. The van der Waals surface area contributed by atoms with Gasteiger partial charge >= 0.3 is 11.9 Å². The quantitative estimate of drug-likeness (QED) is 0.379. The zero-order chi connectivity index (χ0) is 29.7. The van der Waals surface area contributed by atoms with Gasteiger partial charge in [0.2, 0.25) is 0 Å². The molecule has 0 radical (unpaired) electrons. The van der Waals surface area contributed by atoms with Crippen molar-refractivity contribution in [2.75, 3.05) is 0 Å². The van der Waals surface area contributed by atoms with Crippen molar-refractivity contribution in [2.24, 2.45) is 45.3 Å². The molecule has 11 atom stereocenters. The molecule has 6 heteroatoms.